The van der Waals surface area contributed by atoms with E-state index in [4.69, 9.17) is 0 Å². The number of nitrogens with one attached hydrogen (secondary N) is 1. The SMILES string of the molecule is CCNCC(C)(CC)CN(C)Cc1cccc(C)c1. The molecular weight excluding hydrogens is 232 g/mol. The van der Waals surface area contributed by atoms with Gasteiger partial charge in [-0.2, -0.15) is 0 Å². The molecule has 0 spiro atoms. The van der Waals surface area contributed by atoms with Crippen molar-refractivity contribution in [1.82, 2.24) is 10.2 Å². The molecule has 2 nitrogen and oxygen atoms in total. The highest BCUT2D eigenvalue weighted by Crippen LogP contribution is 2.22. The van der Waals surface area contributed by atoms with Crippen LogP contribution in [0.2, 0.25) is 0 Å². The summed E-state index contributed by atoms with van der Waals surface area (Å²) in [7, 11) is 2.22. The normalized spacial score (nSPS) is 14.6. The first-order valence-electron chi connectivity index (χ1n) is 7.44. The molecule has 2 heteroatoms. The van der Waals surface area contributed by atoms with Crippen molar-refractivity contribution in [2.45, 2.75) is 40.7 Å². The van der Waals surface area contributed by atoms with Crippen LogP contribution in [0, 0.1) is 12.3 Å². The average molecular weight is 262 g/mol. The number of aryl methyl sites for hydroxylation is 1. The molecule has 19 heavy (non-hydrogen) atoms. The summed E-state index contributed by atoms with van der Waals surface area (Å²) in [6.07, 6.45) is 1.21. The fourth-order valence-electron chi connectivity index (χ4n) is 2.55. The van der Waals surface area contributed by atoms with E-state index in [0.29, 0.717) is 5.41 Å². The lowest BCUT2D eigenvalue weighted by atomic mass is 9.86. The van der Waals surface area contributed by atoms with Gasteiger partial charge in [0.15, 0.2) is 0 Å². The van der Waals surface area contributed by atoms with Gasteiger partial charge in [-0.25, -0.2) is 0 Å². The Labute approximate surface area is 119 Å². The molecule has 0 radical (unpaired) electrons. The summed E-state index contributed by atoms with van der Waals surface area (Å²) in [5.41, 5.74) is 3.11. The lowest BCUT2D eigenvalue weighted by molar-refractivity contribution is 0.176. The molecule has 1 N–H and O–H groups in total. The lowest BCUT2D eigenvalue weighted by Gasteiger charge is -2.33. The zero-order chi connectivity index (χ0) is 14.3. The fourth-order valence-corrected chi connectivity index (χ4v) is 2.55. The molecule has 108 valence electrons. The van der Waals surface area contributed by atoms with E-state index in [1.54, 1.807) is 0 Å². The molecule has 0 saturated carbocycles. The van der Waals surface area contributed by atoms with Gasteiger partial charge < -0.3 is 10.2 Å². The highest BCUT2D eigenvalue weighted by Gasteiger charge is 2.23. The first-order valence-corrected chi connectivity index (χ1v) is 7.44. The van der Waals surface area contributed by atoms with Crippen LogP contribution in [0.4, 0.5) is 0 Å². The number of nitrogens with zero attached hydrogens (tertiary/aromatic N) is 1. The number of rotatable bonds is 8. The van der Waals surface area contributed by atoms with E-state index in [2.05, 4.69) is 69.2 Å². The zero-order valence-electron chi connectivity index (χ0n) is 13.3. The van der Waals surface area contributed by atoms with E-state index in [0.717, 1.165) is 26.2 Å². The molecular formula is C17H30N2. The van der Waals surface area contributed by atoms with Crippen LogP contribution in [-0.2, 0) is 6.54 Å². The van der Waals surface area contributed by atoms with Gasteiger partial charge >= 0.3 is 0 Å². The van der Waals surface area contributed by atoms with Crippen molar-refractivity contribution in [3.8, 4) is 0 Å². The summed E-state index contributed by atoms with van der Waals surface area (Å²) in [4.78, 5) is 2.44. The fraction of sp³-hybridized carbons (Fsp3) is 0.647. The third kappa shape index (κ3) is 5.75. The summed E-state index contributed by atoms with van der Waals surface area (Å²) >= 11 is 0. The largest absolute Gasteiger partial charge is 0.316 e. The highest BCUT2D eigenvalue weighted by molar-refractivity contribution is 5.22. The van der Waals surface area contributed by atoms with Crippen LogP contribution in [0.5, 0.6) is 0 Å². The van der Waals surface area contributed by atoms with Gasteiger partial charge in [-0.3, -0.25) is 0 Å². The molecule has 0 bridgehead atoms. The van der Waals surface area contributed by atoms with Gasteiger partial charge in [-0.1, -0.05) is 50.6 Å². The number of hydrogen-bond acceptors (Lipinski definition) is 2. The average Bonchev–Trinajstić information content (AvgIpc) is 2.36. The molecule has 1 atom stereocenters. The van der Waals surface area contributed by atoms with Crippen molar-refractivity contribution in [1.29, 1.82) is 0 Å². The molecule has 0 heterocycles. The second-order valence-electron chi connectivity index (χ2n) is 6.11. The molecule has 0 saturated heterocycles. The minimum Gasteiger partial charge on any atom is -0.316 e. The van der Waals surface area contributed by atoms with Crippen molar-refractivity contribution in [3.05, 3.63) is 35.4 Å². The van der Waals surface area contributed by atoms with Crippen molar-refractivity contribution in [2.24, 2.45) is 5.41 Å². The summed E-state index contributed by atoms with van der Waals surface area (Å²) in [5.74, 6) is 0. The Bertz CT molecular complexity index is 375. The summed E-state index contributed by atoms with van der Waals surface area (Å²) in [6, 6.07) is 8.81. The molecule has 1 aromatic rings. The van der Waals surface area contributed by atoms with E-state index >= 15 is 0 Å². The maximum Gasteiger partial charge on any atom is 0.0231 e. The predicted molar refractivity (Wildman–Crippen MR) is 84.5 cm³/mol. The molecule has 0 aliphatic rings. The van der Waals surface area contributed by atoms with Crippen LogP contribution in [0.25, 0.3) is 0 Å². The standard InChI is InChI=1S/C17H30N2/c1-6-17(4,13-18-7-2)14-19(5)12-16-10-8-9-15(3)11-16/h8-11,18H,6-7,12-14H2,1-5H3. The zero-order valence-corrected chi connectivity index (χ0v) is 13.3. The van der Waals surface area contributed by atoms with Crippen LogP contribution in [0.3, 0.4) is 0 Å². The topological polar surface area (TPSA) is 15.3 Å². The van der Waals surface area contributed by atoms with E-state index in [1.807, 2.05) is 0 Å². The summed E-state index contributed by atoms with van der Waals surface area (Å²) in [6.45, 7) is 13.3. The Morgan fingerprint density at radius 3 is 2.58 bits per heavy atom. The van der Waals surface area contributed by atoms with Crippen LogP contribution >= 0.6 is 0 Å². The molecule has 1 aromatic carbocycles. The first-order chi connectivity index (χ1) is 8.99. The van der Waals surface area contributed by atoms with E-state index in [-0.39, 0.29) is 0 Å². The van der Waals surface area contributed by atoms with Crippen LogP contribution < -0.4 is 5.32 Å². The lowest BCUT2D eigenvalue weighted by Crippen LogP contribution is -2.40. The molecule has 1 rings (SSSR count). The van der Waals surface area contributed by atoms with E-state index < -0.39 is 0 Å². The van der Waals surface area contributed by atoms with Crippen molar-refractivity contribution < 1.29 is 0 Å². The Morgan fingerprint density at radius 1 is 1.26 bits per heavy atom. The minimum absolute atomic E-state index is 0.356. The van der Waals surface area contributed by atoms with Gasteiger partial charge in [-0.15, -0.1) is 0 Å². The second kappa shape index (κ2) is 7.66. The molecule has 1 unspecified atom stereocenters. The Kier molecular flexibility index (Phi) is 6.53. The Balaban J connectivity index is 2.55. The third-order valence-corrected chi connectivity index (χ3v) is 3.84. The maximum absolute atomic E-state index is 3.49. The van der Waals surface area contributed by atoms with Crippen LogP contribution in [0.1, 0.15) is 38.3 Å². The number of benzene rings is 1. The molecule has 0 aliphatic heterocycles. The van der Waals surface area contributed by atoms with Gasteiger partial charge in [0, 0.05) is 19.6 Å². The Hall–Kier alpha value is -0.860. The predicted octanol–water partition coefficient (Wildman–Crippen LogP) is 3.45. The van der Waals surface area contributed by atoms with Gasteiger partial charge in [0.1, 0.15) is 0 Å². The smallest absolute Gasteiger partial charge is 0.0231 e. The molecule has 0 amide bonds. The van der Waals surface area contributed by atoms with Gasteiger partial charge in [0.2, 0.25) is 0 Å². The molecule has 0 aromatic heterocycles. The van der Waals surface area contributed by atoms with E-state index in [1.165, 1.54) is 17.5 Å². The maximum atomic E-state index is 3.49. The Morgan fingerprint density at radius 2 is 2.00 bits per heavy atom. The quantitative estimate of drug-likeness (QED) is 0.772. The van der Waals surface area contributed by atoms with Gasteiger partial charge in [0.05, 0.1) is 0 Å². The summed E-state index contributed by atoms with van der Waals surface area (Å²) in [5, 5.41) is 3.49. The highest BCUT2D eigenvalue weighted by atomic mass is 15.1. The monoisotopic (exact) mass is 262 g/mol. The molecule has 0 aliphatic carbocycles. The second-order valence-corrected chi connectivity index (χ2v) is 6.11. The third-order valence-electron chi connectivity index (χ3n) is 3.84. The first kappa shape index (κ1) is 16.2. The van der Waals surface area contributed by atoms with Crippen LogP contribution in [-0.4, -0.2) is 31.6 Å². The summed E-state index contributed by atoms with van der Waals surface area (Å²) < 4.78 is 0. The minimum atomic E-state index is 0.356. The van der Waals surface area contributed by atoms with Gasteiger partial charge in [0.25, 0.3) is 0 Å². The molecule has 0 fully saturated rings. The van der Waals surface area contributed by atoms with Crippen LogP contribution in [0.15, 0.2) is 24.3 Å². The van der Waals surface area contributed by atoms with Crippen molar-refractivity contribution >= 4 is 0 Å². The van der Waals surface area contributed by atoms with E-state index in [9.17, 15) is 0 Å². The van der Waals surface area contributed by atoms with Crippen molar-refractivity contribution in [3.63, 3.8) is 0 Å². The number of hydrogen-bond donors (Lipinski definition) is 1. The van der Waals surface area contributed by atoms with Gasteiger partial charge in [-0.05, 0) is 37.9 Å². The van der Waals surface area contributed by atoms with Crippen molar-refractivity contribution in [2.75, 3.05) is 26.7 Å².